The average Bonchev–Trinajstić information content (AvgIpc) is 2.84. The fourth-order valence-electron chi connectivity index (χ4n) is 4.03. The molecule has 2 aromatic carbocycles. The smallest absolute Gasteiger partial charge is 0.338 e. The molecule has 0 saturated heterocycles. The van der Waals surface area contributed by atoms with Crippen molar-refractivity contribution < 1.29 is 19.1 Å². The van der Waals surface area contributed by atoms with Gasteiger partial charge in [-0.15, -0.1) is 0 Å². The number of allylic oxidation sites excluding steroid dienone is 1. The molecule has 2 N–H and O–H groups in total. The third-order valence-electron chi connectivity index (χ3n) is 5.80. The monoisotopic (exact) mass is 477 g/mol. The van der Waals surface area contributed by atoms with Crippen molar-refractivity contribution in [2.75, 3.05) is 18.5 Å². The lowest BCUT2D eigenvalue weighted by molar-refractivity contribution is -0.140. The lowest BCUT2D eigenvalue weighted by atomic mass is 9.94. The van der Waals surface area contributed by atoms with Gasteiger partial charge in [0.2, 0.25) is 5.91 Å². The summed E-state index contributed by atoms with van der Waals surface area (Å²) < 4.78 is 5.55. The molecule has 3 rings (SSSR count). The summed E-state index contributed by atoms with van der Waals surface area (Å²) in [6, 6.07) is 16.2. The van der Waals surface area contributed by atoms with Gasteiger partial charge in [0, 0.05) is 24.4 Å². The van der Waals surface area contributed by atoms with E-state index < -0.39 is 12.0 Å². The molecule has 0 aromatic heterocycles. The van der Waals surface area contributed by atoms with E-state index >= 15 is 0 Å². The van der Waals surface area contributed by atoms with E-state index in [1.54, 1.807) is 30.0 Å². The van der Waals surface area contributed by atoms with E-state index in [9.17, 15) is 14.4 Å². The Bertz CT molecular complexity index is 1080. The van der Waals surface area contributed by atoms with Crippen LogP contribution < -0.4 is 10.6 Å². The van der Waals surface area contributed by atoms with E-state index in [-0.39, 0.29) is 17.9 Å². The molecule has 1 heterocycles. The summed E-state index contributed by atoms with van der Waals surface area (Å²) in [5.74, 6) is -0.353. The van der Waals surface area contributed by atoms with Gasteiger partial charge in [0.1, 0.15) is 0 Å². The van der Waals surface area contributed by atoms with E-state index in [0.717, 1.165) is 12.0 Å². The van der Waals surface area contributed by atoms with E-state index in [4.69, 9.17) is 4.74 Å². The molecule has 0 fully saturated rings. The summed E-state index contributed by atoms with van der Waals surface area (Å²) in [6.07, 6.45) is 1.76. The first-order chi connectivity index (χ1) is 16.8. The minimum Gasteiger partial charge on any atom is -0.462 e. The van der Waals surface area contributed by atoms with Gasteiger partial charge in [-0.1, -0.05) is 63.2 Å². The Morgan fingerprint density at radius 2 is 1.86 bits per heavy atom. The summed E-state index contributed by atoms with van der Waals surface area (Å²) in [5.41, 5.74) is 3.41. The van der Waals surface area contributed by atoms with Crippen molar-refractivity contribution in [3.63, 3.8) is 0 Å². The summed E-state index contributed by atoms with van der Waals surface area (Å²) in [6.45, 7) is 8.50. The van der Waals surface area contributed by atoms with Gasteiger partial charge in [-0.3, -0.25) is 9.69 Å². The molecule has 3 amide bonds. The lowest BCUT2D eigenvalue weighted by Crippen LogP contribution is -2.48. The zero-order chi connectivity index (χ0) is 25.4. The molecular weight excluding hydrogens is 442 g/mol. The molecule has 0 bridgehead atoms. The van der Waals surface area contributed by atoms with Gasteiger partial charge in [-0.05, 0) is 48.9 Å². The number of nitrogens with zero attached hydrogens (tertiary/aromatic N) is 1. The lowest BCUT2D eigenvalue weighted by Gasteiger charge is -2.35. The van der Waals surface area contributed by atoms with Crippen LogP contribution in [-0.4, -0.2) is 36.0 Å². The molecule has 0 saturated carbocycles. The fraction of sp³-hybridized carbons (Fsp3) is 0.393. The van der Waals surface area contributed by atoms with Crippen molar-refractivity contribution >= 4 is 23.6 Å². The molecule has 186 valence electrons. The van der Waals surface area contributed by atoms with Gasteiger partial charge < -0.3 is 15.4 Å². The van der Waals surface area contributed by atoms with Crippen LogP contribution >= 0.6 is 0 Å². The maximum atomic E-state index is 13.1. The number of anilines is 1. The summed E-state index contributed by atoms with van der Waals surface area (Å²) in [5, 5.41) is 5.89. The molecule has 35 heavy (non-hydrogen) atoms. The molecule has 7 nitrogen and oxygen atoms in total. The zero-order valence-corrected chi connectivity index (χ0v) is 21.0. The quantitative estimate of drug-likeness (QED) is 0.460. The maximum Gasteiger partial charge on any atom is 0.338 e. The highest BCUT2D eigenvalue weighted by atomic mass is 16.5. The van der Waals surface area contributed by atoms with Gasteiger partial charge >= 0.3 is 12.0 Å². The Hall–Kier alpha value is -3.61. The third-order valence-corrected chi connectivity index (χ3v) is 5.80. The first-order valence-electron chi connectivity index (χ1n) is 12.2. The number of hydrogen-bond acceptors (Lipinski definition) is 4. The van der Waals surface area contributed by atoms with Gasteiger partial charge in [-0.25, -0.2) is 9.59 Å². The predicted octanol–water partition coefficient (Wildman–Crippen LogP) is 5.21. The van der Waals surface area contributed by atoms with Gasteiger partial charge in [0.25, 0.3) is 0 Å². The van der Waals surface area contributed by atoms with Crippen LogP contribution in [0.25, 0.3) is 0 Å². The number of esters is 1. The minimum atomic E-state index is -0.670. The molecule has 2 aromatic rings. The largest absolute Gasteiger partial charge is 0.462 e. The molecule has 0 radical (unpaired) electrons. The summed E-state index contributed by atoms with van der Waals surface area (Å²) >= 11 is 0. The van der Waals surface area contributed by atoms with E-state index in [2.05, 4.69) is 10.6 Å². The molecule has 1 aliphatic heterocycles. The molecular formula is C28H35N3O4. The molecule has 0 spiro atoms. The Kier molecular flexibility index (Phi) is 9.06. The van der Waals surface area contributed by atoms with Gasteiger partial charge in [-0.2, -0.15) is 0 Å². The van der Waals surface area contributed by atoms with Crippen molar-refractivity contribution in [2.45, 2.75) is 53.0 Å². The summed E-state index contributed by atoms with van der Waals surface area (Å²) in [4.78, 5) is 40.1. The first kappa shape index (κ1) is 26.0. The highest BCUT2D eigenvalue weighted by Crippen LogP contribution is 2.32. The van der Waals surface area contributed by atoms with Crippen LogP contribution in [0.2, 0.25) is 0 Å². The maximum absolute atomic E-state index is 13.1. The van der Waals surface area contributed by atoms with Crippen molar-refractivity contribution in [1.82, 2.24) is 10.2 Å². The molecule has 1 unspecified atom stereocenters. The van der Waals surface area contributed by atoms with Crippen molar-refractivity contribution in [3.8, 4) is 0 Å². The second kappa shape index (κ2) is 12.2. The van der Waals surface area contributed by atoms with E-state index in [0.29, 0.717) is 48.5 Å². The van der Waals surface area contributed by atoms with Crippen LogP contribution in [0.3, 0.4) is 0 Å². The second-order valence-electron chi connectivity index (χ2n) is 9.18. The normalized spacial score (nSPS) is 15.7. The second-order valence-corrected chi connectivity index (χ2v) is 9.18. The standard InChI is InChI=1S/C28H35N3O4/c1-5-16-31-20(4)25(27(33)35-18-19(2)3)26(30-28(31)34)22-12-9-13-23(17-22)29-24(32)15-14-21-10-7-6-8-11-21/h6-13,17,19,26H,5,14-16,18H2,1-4H3,(H,29,32)(H,30,34). The highest BCUT2D eigenvalue weighted by molar-refractivity contribution is 5.95. The van der Waals surface area contributed by atoms with Crippen LogP contribution in [0.15, 0.2) is 65.9 Å². The number of nitrogens with one attached hydrogen (secondary N) is 2. The summed E-state index contributed by atoms with van der Waals surface area (Å²) in [7, 11) is 0. The van der Waals surface area contributed by atoms with Crippen molar-refractivity contribution in [3.05, 3.63) is 77.0 Å². The van der Waals surface area contributed by atoms with Gasteiger partial charge in [0.15, 0.2) is 0 Å². The van der Waals surface area contributed by atoms with Crippen molar-refractivity contribution in [1.29, 1.82) is 0 Å². The number of urea groups is 1. The Labute approximate surface area is 207 Å². The van der Waals surface area contributed by atoms with Gasteiger partial charge in [0.05, 0.1) is 18.2 Å². The highest BCUT2D eigenvalue weighted by Gasteiger charge is 2.36. The number of carbonyl (C=O) groups is 3. The Morgan fingerprint density at radius 1 is 1.11 bits per heavy atom. The van der Waals surface area contributed by atoms with E-state index in [1.165, 1.54) is 0 Å². The number of ether oxygens (including phenoxy) is 1. The number of aryl methyl sites for hydroxylation is 1. The topological polar surface area (TPSA) is 87.7 Å². The van der Waals surface area contributed by atoms with E-state index in [1.807, 2.05) is 57.2 Å². The van der Waals surface area contributed by atoms with Crippen LogP contribution in [0, 0.1) is 5.92 Å². The minimum absolute atomic E-state index is 0.101. The third kappa shape index (κ3) is 6.94. The SMILES string of the molecule is CCCN1C(=O)NC(c2cccc(NC(=O)CCc3ccccc3)c2)C(C(=O)OCC(C)C)=C1C. The van der Waals surface area contributed by atoms with Crippen molar-refractivity contribution in [2.24, 2.45) is 5.92 Å². The van der Waals surface area contributed by atoms with Crippen LogP contribution in [0.5, 0.6) is 0 Å². The Balaban J connectivity index is 1.81. The van der Waals surface area contributed by atoms with Crippen LogP contribution in [0.1, 0.15) is 57.7 Å². The number of carbonyl (C=O) groups excluding carboxylic acids is 3. The molecule has 7 heteroatoms. The molecule has 0 aliphatic carbocycles. The van der Waals surface area contributed by atoms with Crippen LogP contribution in [0.4, 0.5) is 10.5 Å². The fourth-order valence-corrected chi connectivity index (χ4v) is 4.03. The predicted molar refractivity (Wildman–Crippen MR) is 137 cm³/mol. The number of hydrogen-bond donors (Lipinski definition) is 2. The number of rotatable bonds is 10. The molecule has 1 atom stereocenters. The number of benzene rings is 2. The number of amides is 3. The van der Waals surface area contributed by atoms with Crippen LogP contribution in [-0.2, 0) is 20.7 Å². The zero-order valence-electron chi connectivity index (χ0n) is 21.0. The average molecular weight is 478 g/mol. The molecule has 1 aliphatic rings. The Morgan fingerprint density at radius 3 is 2.54 bits per heavy atom. The first-order valence-corrected chi connectivity index (χ1v) is 12.2.